The van der Waals surface area contributed by atoms with Crippen LogP contribution in [-0.2, 0) is 0 Å². The average molecular weight is 269 g/mol. The Bertz CT molecular complexity index is 398. The third kappa shape index (κ3) is 4.30. The van der Waals surface area contributed by atoms with Crippen molar-refractivity contribution in [2.24, 2.45) is 5.92 Å². The molecule has 0 aliphatic heterocycles. The number of nitrogens with zero attached hydrogens (tertiary/aromatic N) is 1. The Kier molecular flexibility index (Phi) is 5.60. The average Bonchev–Trinajstić information content (AvgIpc) is 2.26. The first-order chi connectivity index (χ1) is 8.43. The second-order valence-corrected chi connectivity index (χ2v) is 5.35. The van der Waals surface area contributed by atoms with Gasteiger partial charge in [-0.2, -0.15) is 0 Å². The maximum atomic E-state index is 12.1. The molecular formula is C14H21ClN2O. The number of aromatic nitrogens is 1. The standard InChI is InChI=1S/C14H21ClN2O/c1-9(2)12(5-6-15)17-14(18)13-8-10(3)7-11(4)16-13/h7-9,12H,5-6H2,1-4H3,(H,17,18). The smallest absolute Gasteiger partial charge is 0.270 e. The minimum Gasteiger partial charge on any atom is -0.348 e. The Morgan fingerprint density at radius 1 is 1.39 bits per heavy atom. The summed E-state index contributed by atoms with van der Waals surface area (Å²) in [6.45, 7) is 8.01. The van der Waals surface area contributed by atoms with Crippen LogP contribution in [0.1, 0.15) is 42.0 Å². The van der Waals surface area contributed by atoms with E-state index in [1.165, 1.54) is 0 Å². The van der Waals surface area contributed by atoms with Crippen molar-refractivity contribution in [2.75, 3.05) is 5.88 Å². The molecule has 0 aliphatic carbocycles. The van der Waals surface area contributed by atoms with E-state index < -0.39 is 0 Å². The fourth-order valence-corrected chi connectivity index (χ4v) is 2.12. The second-order valence-electron chi connectivity index (χ2n) is 4.97. The predicted octanol–water partition coefficient (Wildman–Crippen LogP) is 3.08. The molecule has 100 valence electrons. The third-order valence-electron chi connectivity index (χ3n) is 2.87. The van der Waals surface area contributed by atoms with Gasteiger partial charge in [-0.1, -0.05) is 13.8 Å². The number of nitrogens with one attached hydrogen (secondary N) is 1. The number of hydrogen-bond donors (Lipinski definition) is 1. The lowest BCUT2D eigenvalue weighted by molar-refractivity contribution is 0.0919. The first-order valence-electron chi connectivity index (χ1n) is 6.26. The molecule has 1 aromatic heterocycles. The maximum absolute atomic E-state index is 12.1. The highest BCUT2D eigenvalue weighted by atomic mass is 35.5. The van der Waals surface area contributed by atoms with E-state index in [4.69, 9.17) is 11.6 Å². The summed E-state index contributed by atoms with van der Waals surface area (Å²) in [5.41, 5.74) is 2.39. The van der Waals surface area contributed by atoms with Gasteiger partial charge in [-0.15, -0.1) is 11.6 Å². The fourth-order valence-electron chi connectivity index (χ4n) is 1.89. The molecule has 4 heteroatoms. The summed E-state index contributed by atoms with van der Waals surface area (Å²) in [7, 11) is 0. The van der Waals surface area contributed by atoms with Gasteiger partial charge in [-0.05, 0) is 43.9 Å². The molecule has 0 aromatic carbocycles. The number of aryl methyl sites for hydroxylation is 2. The Balaban J connectivity index is 2.80. The molecule has 0 fully saturated rings. The van der Waals surface area contributed by atoms with Crippen LogP contribution in [-0.4, -0.2) is 22.8 Å². The number of carbonyl (C=O) groups excluding carboxylic acids is 1. The van der Waals surface area contributed by atoms with Gasteiger partial charge >= 0.3 is 0 Å². The van der Waals surface area contributed by atoms with E-state index in [2.05, 4.69) is 24.1 Å². The van der Waals surface area contributed by atoms with Crippen molar-refractivity contribution in [3.05, 3.63) is 29.1 Å². The zero-order chi connectivity index (χ0) is 13.7. The van der Waals surface area contributed by atoms with E-state index >= 15 is 0 Å². The highest BCUT2D eigenvalue weighted by Crippen LogP contribution is 2.10. The molecule has 0 radical (unpaired) electrons. The van der Waals surface area contributed by atoms with Crippen molar-refractivity contribution in [1.29, 1.82) is 0 Å². The van der Waals surface area contributed by atoms with Crippen LogP contribution >= 0.6 is 11.6 Å². The number of halogens is 1. The summed E-state index contributed by atoms with van der Waals surface area (Å²) in [6, 6.07) is 3.85. The van der Waals surface area contributed by atoms with Crippen LogP contribution in [0.5, 0.6) is 0 Å². The van der Waals surface area contributed by atoms with E-state index in [9.17, 15) is 4.79 Å². The molecular weight excluding hydrogens is 248 g/mol. The minimum absolute atomic E-state index is 0.0950. The largest absolute Gasteiger partial charge is 0.348 e. The van der Waals surface area contributed by atoms with Crippen molar-refractivity contribution in [3.63, 3.8) is 0 Å². The third-order valence-corrected chi connectivity index (χ3v) is 3.09. The maximum Gasteiger partial charge on any atom is 0.270 e. The van der Waals surface area contributed by atoms with Gasteiger partial charge in [0.15, 0.2) is 0 Å². The minimum atomic E-state index is -0.120. The number of carbonyl (C=O) groups is 1. The highest BCUT2D eigenvalue weighted by molar-refractivity contribution is 6.17. The SMILES string of the molecule is Cc1cc(C)nc(C(=O)NC(CCCl)C(C)C)c1. The van der Waals surface area contributed by atoms with Gasteiger partial charge in [-0.3, -0.25) is 4.79 Å². The van der Waals surface area contributed by atoms with Crippen molar-refractivity contribution in [3.8, 4) is 0 Å². The van der Waals surface area contributed by atoms with Crippen molar-refractivity contribution in [2.45, 2.75) is 40.2 Å². The Morgan fingerprint density at radius 3 is 2.56 bits per heavy atom. The van der Waals surface area contributed by atoms with Crippen LogP contribution in [0.15, 0.2) is 12.1 Å². The topological polar surface area (TPSA) is 42.0 Å². The van der Waals surface area contributed by atoms with Crippen LogP contribution < -0.4 is 5.32 Å². The molecule has 0 spiro atoms. The zero-order valence-corrected chi connectivity index (χ0v) is 12.2. The van der Waals surface area contributed by atoms with Gasteiger partial charge in [0, 0.05) is 17.6 Å². The molecule has 1 heterocycles. The van der Waals surface area contributed by atoms with Gasteiger partial charge in [0.25, 0.3) is 5.91 Å². The van der Waals surface area contributed by atoms with E-state index in [0.717, 1.165) is 17.7 Å². The highest BCUT2D eigenvalue weighted by Gasteiger charge is 2.17. The molecule has 1 rings (SSSR count). The van der Waals surface area contributed by atoms with Crippen LogP contribution in [0.2, 0.25) is 0 Å². The predicted molar refractivity (Wildman–Crippen MR) is 75.1 cm³/mol. The quantitative estimate of drug-likeness (QED) is 0.834. The zero-order valence-electron chi connectivity index (χ0n) is 11.5. The first kappa shape index (κ1) is 15.0. The second kappa shape index (κ2) is 6.74. The summed E-state index contributed by atoms with van der Waals surface area (Å²) in [4.78, 5) is 16.4. The molecule has 3 nitrogen and oxygen atoms in total. The summed E-state index contributed by atoms with van der Waals surface area (Å²) in [5, 5.41) is 3.00. The molecule has 0 saturated carbocycles. The summed E-state index contributed by atoms with van der Waals surface area (Å²) in [6.07, 6.45) is 0.774. The Hall–Kier alpha value is -1.09. The van der Waals surface area contributed by atoms with Crippen LogP contribution in [0.25, 0.3) is 0 Å². The normalized spacial score (nSPS) is 12.6. The lowest BCUT2D eigenvalue weighted by Crippen LogP contribution is -2.39. The molecule has 0 aliphatic rings. The van der Waals surface area contributed by atoms with Crippen molar-refractivity contribution < 1.29 is 4.79 Å². The monoisotopic (exact) mass is 268 g/mol. The van der Waals surface area contributed by atoms with Gasteiger partial charge in [0.05, 0.1) is 0 Å². The van der Waals surface area contributed by atoms with Gasteiger partial charge in [-0.25, -0.2) is 4.98 Å². The van der Waals surface area contributed by atoms with E-state index in [0.29, 0.717) is 17.5 Å². The van der Waals surface area contributed by atoms with Gasteiger partial charge < -0.3 is 5.32 Å². The molecule has 1 amide bonds. The van der Waals surface area contributed by atoms with Crippen molar-refractivity contribution >= 4 is 17.5 Å². The van der Waals surface area contributed by atoms with E-state index in [1.807, 2.05) is 19.9 Å². The van der Waals surface area contributed by atoms with E-state index in [1.54, 1.807) is 6.07 Å². The number of pyridine rings is 1. The Morgan fingerprint density at radius 2 is 2.06 bits per heavy atom. The number of amides is 1. The molecule has 0 saturated heterocycles. The lowest BCUT2D eigenvalue weighted by atomic mass is 10.0. The summed E-state index contributed by atoms with van der Waals surface area (Å²) >= 11 is 5.75. The summed E-state index contributed by atoms with van der Waals surface area (Å²) < 4.78 is 0. The molecule has 1 unspecified atom stereocenters. The molecule has 18 heavy (non-hydrogen) atoms. The number of hydrogen-bond acceptors (Lipinski definition) is 2. The molecule has 1 aromatic rings. The van der Waals surface area contributed by atoms with Crippen LogP contribution in [0, 0.1) is 19.8 Å². The number of alkyl halides is 1. The summed E-state index contributed by atoms with van der Waals surface area (Å²) in [5.74, 6) is 0.785. The molecule has 1 atom stereocenters. The van der Waals surface area contributed by atoms with E-state index in [-0.39, 0.29) is 11.9 Å². The van der Waals surface area contributed by atoms with Crippen molar-refractivity contribution in [1.82, 2.24) is 10.3 Å². The number of rotatable bonds is 5. The van der Waals surface area contributed by atoms with Crippen LogP contribution in [0.3, 0.4) is 0 Å². The molecule has 1 N–H and O–H groups in total. The van der Waals surface area contributed by atoms with Gasteiger partial charge in [0.1, 0.15) is 5.69 Å². The fraction of sp³-hybridized carbons (Fsp3) is 0.571. The lowest BCUT2D eigenvalue weighted by Gasteiger charge is -2.21. The van der Waals surface area contributed by atoms with Gasteiger partial charge in [0.2, 0.25) is 0 Å². The Labute approximate surface area is 114 Å². The van der Waals surface area contributed by atoms with Crippen LogP contribution in [0.4, 0.5) is 0 Å². The molecule has 0 bridgehead atoms. The first-order valence-corrected chi connectivity index (χ1v) is 6.79.